The maximum atomic E-state index is 13.6. The van der Waals surface area contributed by atoms with E-state index in [1.165, 1.54) is 30.3 Å². The molecule has 1 N–H and O–H groups in total. The molecule has 0 fully saturated rings. The zero-order chi connectivity index (χ0) is 16.3. The van der Waals surface area contributed by atoms with Gasteiger partial charge in [-0.2, -0.15) is 0 Å². The number of non-ortho nitro benzene ring substituents is 1. The Morgan fingerprint density at radius 3 is 2.59 bits per heavy atom. The summed E-state index contributed by atoms with van der Waals surface area (Å²) in [6.45, 7) is 3.50. The van der Waals surface area contributed by atoms with Gasteiger partial charge in [-0.15, -0.1) is 0 Å². The Morgan fingerprint density at radius 2 is 2.00 bits per heavy atom. The number of nitrogens with one attached hydrogen (secondary N) is 1. The maximum Gasteiger partial charge on any atom is 0.270 e. The number of nitro groups is 1. The summed E-state index contributed by atoms with van der Waals surface area (Å²) in [6, 6.07) is 8.47. The van der Waals surface area contributed by atoms with Crippen LogP contribution in [0.1, 0.15) is 28.4 Å². The van der Waals surface area contributed by atoms with E-state index in [9.17, 15) is 19.3 Å². The zero-order valence-corrected chi connectivity index (χ0v) is 12.2. The normalized spacial score (nSPS) is 10.3. The summed E-state index contributed by atoms with van der Waals surface area (Å²) in [7, 11) is 0. The number of amides is 1. The van der Waals surface area contributed by atoms with Crippen LogP contribution in [-0.4, -0.2) is 10.8 Å². The Kier molecular flexibility index (Phi) is 4.50. The number of nitro benzene ring substituents is 1. The van der Waals surface area contributed by atoms with Gasteiger partial charge in [-0.05, 0) is 36.6 Å². The van der Waals surface area contributed by atoms with Crippen molar-refractivity contribution in [3.05, 3.63) is 69.0 Å². The molecule has 0 saturated carbocycles. The molecule has 2 aromatic rings. The monoisotopic (exact) mass is 302 g/mol. The molecule has 0 aliphatic rings. The number of nitrogens with zero attached hydrogens (tertiary/aromatic N) is 1. The third kappa shape index (κ3) is 3.11. The van der Waals surface area contributed by atoms with E-state index in [0.29, 0.717) is 23.2 Å². The molecule has 0 heterocycles. The number of carbonyl (C=O) groups is 1. The highest BCUT2D eigenvalue weighted by Gasteiger charge is 2.17. The van der Waals surface area contributed by atoms with E-state index in [0.717, 1.165) is 0 Å². The van der Waals surface area contributed by atoms with E-state index >= 15 is 0 Å². The van der Waals surface area contributed by atoms with Crippen molar-refractivity contribution < 1.29 is 14.1 Å². The van der Waals surface area contributed by atoms with Crippen LogP contribution in [0.2, 0.25) is 0 Å². The van der Waals surface area contributed by atoms with Gasteiger partial charge >= 0.3 is 0 Å². The Hall–Kier alpha value is -2.76. The number of hydrogen-bond acceptors (Lipinski definition) is 3. The van der Waals surface area contributed by atoms with Gasteiger partial charge in [0.25, 0.3) is 11.6 Å². The van der Waals surface area contributed by atoms with Gasteiger partial charge in [-0.3, -0.25) is 14.9 Å². The summed E-state index contributed by atoms with van der Waals surface area (Å²) < 4.78 is 13.6. The lowest BCUT2D eigenvalue weighted by molar-refractivity contribution is -0.384. The van der Waals surface area contributed by atoms with Gasteiger partial charge in [0.05, 0.1) is 10.5 Å². The second-order valence-electron chi connectivity index (χ2n) is 4.84. The molecule has 2 aromatic carbocycles. The van der Waals surface area contributed by atoms with Crippen LogP contribution >= 0.6 is 0 Å². The first kappa shape index (κ1) is 15.6. The summed E-state index contributed by atoms with van der Waals surface area (Å²) in [6.07, 6.45) is 0.509. The molecule has 1 amide bonds. The average molecular weight is 302 g/mol. The number of halogens is 1. The minimum Gasteiger partial charge on any atom is -0.321 e. The van der Waals surface area contributed by atoms with Crippen LogP contribution in [-0.2, 0) is 6.42 Å². The molecular formula is C16H15FN2O3. The summed E-state index contributed by atoms with van der Waals surface area (Å²) in [5, 5.41) is 13.5. The van der Waals surface area contributed by atoms with E-state index in [-0.39, 0.29) is 11.3 Å². The Morgan fingerprint density at radius 1 is 1.32 bits per heavy atom. The second kappa shape index (κ2) is 6.34. The average Bonchev–Trinajstić information content (AvgIpc) is 2.49. The fraction of sp³-hybridized carbons (Fsp3) is 0.188. The quantitative estimate of drug-likeness (QED) is 0.688. The lowest BCUT2D eigenvalue weighted by Crippen LogP contribution is -2.16. The van der Waals surface area contributed by atoms with Gasteiger partial charge in [0, 0.05) is 17.8 Å². The van der Waals surface area contributed by atoms with Crippen LogP contribution < -0.4 is 5.32 Å². The molecule has 114 valence electrons. The molecular weight excluding hydrogens is 287 g/mol. The highest BCUT2D eigenvalue weighted by atomic mass is 19.1. The Bertz CT molecular complexity index is 744. The highest BCUT2D eigenvalue weighted by molar-refractivity contribution is 6.05. The Balaban J connectivity index is 2.39. The molecule has 0 aromatic heterocycles. The van der Waals surface area contributed by atoms with Crippen molar-refractivity contribution in [2.75, 3.05) is 5.32 Å². The van der Waals surface area contributed by atoms with Gasteiger partial charge in [-0.1, -0.05) is 19.1 Å². The molecule has 0 atom stereocenters. The maximum absolute atomic E-state index is 13.6. The summed E-state index contributed by atoms with van der Waals surface area (Å²) in [4.78, 5) is 22.6. The van der Waals surface area contributed by atoms with Crippen LogP contribution in [0, 0.1) is 22.9 Å². The summed E-state index contributed by atoms with van der Waals surface area (Å²) >= 11 is 0. The van der Waals surface area contributed by atoms with Crippen LogP contribution in [0.25, 0.3) is 0 Å². The SMILES string of the molecule is CCc1cc([N+](=O)[O-])cc(C)c1NC(=O)c1ccccc1F. The first-order valence-corrected chi connectivity index (χ1v) is 6.77. The lowest BCUT2D eigenvalue weighted by atomic mass is 10.0. The molecule has 22 heavy (non-hydrogen) atoms. The first-order chi connectivity index (χ1) is 10.4. The third-order valence-corrected chi connectivity index (χ3v) is 3.35. The van der Waals surface area contributed by atoms with Gasteiger partial charge in [0.15, 0.2) is 0 Å². The number of rotatable bonds is 4. The highest BCUT2D eigenvalue weighted by Crippen LogP contribution is 2.28. The number of carbonyl (C=O) groups excluding carboxylic acids is 1. The number of hydrogen-bond donors (Lipinski definition) is 1. The molecule has 0 radical (unpaired) electrons. The van der Waals surface area contributed by atoms with Gasteiger partial charge < -0.3 is 5.32 Å². The van der Waals surface area contributed by atoms with E-state index < -0.39 is 16.6 Å². The van der Waals surface area contributed by atoms with Crippen molar-refractivity contribution >= 4 is 17.3 Å². The molecule has 0 bridgehead atoms. The van der Waals surface area contributed by atoms with E-state index in [2.05, 4.69) is 5.32 Å². The number of benzene rings is 2. The van der Waals surface area contributed by atoms with Crippen LogP contribution in [0.3, 0.4) is 0 Å². The van der Waals surface area contributed by atoms with E-state index in [4.69, 9.17) is 0 Å². The first-order valence-electron chi connectivity index (χ1n) is 6.77. The van der Waals surface area contributed by atoms with E-state index in [1.807, 2.05) is 6.92 Å². The van der Waals surface area contributed by atoms with E-state index in [1.54, 1.807) is 13.0 Å². The second-order valence-corrected chi connectivity index (χ2v) is 4.84. The minimum atomic E-state index is -0.613. The summed E-state index contributed by atoms with van der Waals surface area (Å²) in [5.74, 6) is -1.19. The fourth-order valence-electron chi connectivity index (χ4n) is 2.23. The van der Waals surface area contributed by atoms with Crippen molar-refractivity contribution in [1.29, 1.82) is 0 Å². The predicted octanol–water partition coefficient (Wildman–Crippen LogP) is 3.86. The topological polar surface area (TPSA) is 72.2 Å². The summed E-state index contributed by atoms with van der Waals surface area (Å²) in [5.41, 5.74) is 1.59. The molecule has 5 nitrogen and oxygen atoms in total. The lowest BCUT2D eigenvalue weighted by Gasteiger charge is -2.13. The van der Waals surface area contributed by atoms with Gasteiger partial charge in [-0.25, -0.2) is 4.39 Å². The molecule has 6 heteroatoms. The van der Waals surface area contributed by atoms with Crippen LogP contribution in [0.15, 0.2) is 36.4 Å². The van der Waals surface area contributed by atoms with Gasteiger partial charge in [0.2, 0.25) is 0 Å². The van der Waals surface area contributed by atoms with Crippen molar-refractivity contribution in [2.45, 2.75) is 20.3 Å². The molecule has 0 saturated heterocycles. The Labute approximate surface area is 126 Å². The van der Waals surface area contributed by atoms with Crippen molar-refractivity contribution in [3.8, 4) is 0 Å². The van der Waals surface area contributed by atoms with Crippen molar-refractivity contribution in [1.82, 2.24) is 0 Å². The number of anilines is 1. The zero-order valence-electron chi connectivity index (χ0n) is 12.2. The standard InChI is InChI=1S/C16H15FN2O3/c1-3-11-9-12(19(21)22)8-10(2)15(11)18-16(20)13-6-4-5-7-14(13)17/h4-9H,3H2,1-2H3,(H,18,20). The van der Waals surface area contributed by atoms with Crippen molar-refractivity contribution in [2.24, 2.45) is 0 Å². The largest absolute Gasteiger partial charge is 0.321 e. The van der Waals surface area contributed by atoms with Gasteiger partial charge in [0.1, 0.15) is 5.82 Å². The number of aryl methyl sites for hydroxylation is 2. The minimum absolute atomic E-state index is 0.0294. The van der Waals surface area contributed by atoms with Crippen LogP contribution in [0.4, 0.5) is 15.8 Å². The molecule has 0 unspecified atom stereocenters. The molecule has 2 rings (SSSR count). The molecule has 0 aliphatic carbocycles. The predicted molar refractivity (Wildman–Crippen MR) is 81.6 cm³/mol. The van der Waals surface area contributed by atoms with Crippen LogP contribution in [0.5, 0.6) is 0 Å². The fourth-order valence-corrected chi connectivity index (χ4v) is 2.23. The smallest absolute Gasteiger partial charge is 0.270 e. The molecule has 0 aliphatic heterocycles. The molecule has 0 spiro atoms. The van der Waals surface area contributed by atoms with Crippen molar-refractivity contribution in [3.63, 3.8) is 0 Å². The third-order valence-electron chi connectivity index (χ3n) is 3.35.